The van der Waals surface area contributed by atoms with Crippen LogP contribution in [0.5, 0.6) is 5.75 Å². The summed E-state index contributed by atoms with van der Waals surface area (Å²) < 4.78 is 26.0. The third kappa shape index (κ3) is 3.04. The van der Waals surface area contributed by atoms with Crippen molar-refractivity contribution in [2.24, 2.45) is 11.5 Å². The van der Waals surface area contributed by atoms with E-state index in [2.05, 4.69) is 15.9 Å². The monoisotopic (exact) mass is 316 g/mol. The van der Waals surface area contributed by atoms with Crippen molar-refractivity contribution >= 4 is 28.3 Å². The van der Waals surface area contributed by atoms with Gasteiger partial charge in [-0.2, -0.15) is 4.39 Å². The molecule has 0 saturated heterocycles. The van der Waals surface area contributed by atoms with Crippen molar-refractivity contribution in [3.8, 4) is 5.75 Å². The van der Waals surface area contributed by atoms with E-state index in [1.54, 1.807) is 0 Å². The lowest BCUT2D eigenvalue weighted by Gasteiger charge is -2.14. The van der Waals surface area contributed by atoms with Gasteiger partial charge in [0.25, 0.3) is 0 Å². The molecule has 0 aromatic heterocycles. The molecule has 0 saturated carbocycles. The second kappa shape index (κ2) is 6.34. The molecule has 0 aliphatic heterocycles. The first kappa shape index (κ1) is 15.6. The highest BCUT2D eigenvalue weighted by molar-refractivity contribution is 9.10. The molecule has 0 fully saturated rings. The number of hydrogen-bond donors (Lipinski definition) is 3. The molecule has 5 N–H and O–H groups in total. The highest BCUT2D eigenvalue weighted by Crippen LogP contribution is 2.33. The van der Waals surface area contributed by atoms with Gasteiger partial charge in [0, 0.05) is 11.6 Å². The fourth-order valence-electron chi connectivity index (χ4n) is 1.22. The molecule has 0 radical (unpaired) electrons. The zero-order chi connectivity index (χ0) is 11.6. The Hall–Kier alpha value is -0.430. The predicted octanol–water partition coefficient (Wildman–Crippen LogP) is 2.20. The van der Waals surface area contributed by atoms with Crippen molar-refractivity contribution in [2.45, 2.75) is 12.5 Å². The van der Waals surface area contributed by atoms with Crippen LogP contribution >= 0.6 is 28.3 Å². The first-order valence-electron chi connectivity index (χ1n) is 4.31. The van der Waals surface area contributed by atoms with Crippen LogP contribution in [0.15, 0.2) is 10.5 Å². The summed E-state index contributed by atoms with van der Waals surface area (Å²) in [5, 5.41) is 9.34. The van der Waals surface area contributed by atoms with Gasteiger partial charge in [-0.15, -0.1) is 12.4 Å². The van der Waals surface area contributed by atoms with Crippen LogP contribution in [0.2, 0.25) is 0 Å². The van der Waals surface area contributed by atoms with E-state index in [1.165, 1.54) is 6.07 Å². The number of halogens is 4. The summed E-state index contributed by atoms with van der Waals surface area (Å²) in [6, 6.07) is 0.648. The van der Waals surface area contributed by atoms with Crippen LogP contribution in [0.1, 0.15) is 18.0 Å². The first-order chi connectivity index (χ1) is 6.99. The number of benzene rings is 1. The molecule has 16 heavy (non-hydrogen) atoms. The van der Waals surface area contributed by atoms with Crippen LogP contribution in [0, 0.1) is 11.6 Å². The molecule has 92 valence electrons. The highest BCUT2D eigenvalue weighted by atomic mass is 79.9. The third-order valence-corrected chi connectivity index (χ3v) is 2.62. The van der Waals surface area contributed by atoms with Crippen molar-refractivity contribution in [3.05, 3.63) is 27.7 Å². The molecular formula is C9H12BrClF2N2O. The zero-order valence-electron chi connectivity index (χ0n) is 8.21. The Morgan fingerprint density at radius 1 is 1.38 bits per heavy atom. The second-order valence-electron chi connectivity index (χ2n) is 3.11. The Kier molecular flexibility index (Phi) is 6.17. The summed E-state index contributed by atoms with van der Waals surface area (Å²) >= 11 is 2.84. The maximum absolute atomic E-state index is 13.1. The SMILES string of the molecule is Cl.NCC[C@H](N)c1cc(Br)c(F)c(F)c1O. The van der Waals surface area contributed by atoms with E-state index in [1.807, 2.05) is 0 Å². The van der Waals surface area contributed by atoms with Crippen molar-refractivity contribution in [2.75, 3.05) is 6.54 Å². The van der Waals surface area contributed by atoms with Gasteiger partial charge in [0.1, 0.15) is 0 Å². The first-order valence-corrected chi connectivity index (χ1v) is 5.10. The number of phenols is 1. The van der Waals surface area contributed by atoms with Crippen molar-refractivity contribution in [1.82, 2.24) is 0 Å². The molecule has 1 rings (SSSR count). The Morgan fingerprint density at radius 2 is 1.94 bits per heavy atom. The summed E-state index contributed by atoms with van der Waals surface area (Å²) in [6.07, 6.45) is 0.380. The molecule has 1 aromatic rings. The van der Waals surface area contributed by atoms with Gasteiger partial charge in [-0.3, -0.25) is 0 Å². The normalized spacial score (nSPS) is 12.1. The number of rotatable bonds is 3. The highest BCUT2D eigenvalue weighted by Gasteiger charge is 2.20. The molecular weight excluding hydrogens is 305 g/mol. The number of nitrogens with two attached hydrogens (primary N) is 2. The summed E-state index contributed by atoms with van der Waals surface area (Å²) in [5.41, 5.74) is 11.1. The summed E-state index contributed by atoms with van der Waals surface area (Å²) in [4.78, 5) is 0. The topological polar surface area (TPSA) is 72.3 Å². The second-order valence-corrected chi connectivity index (χ2v) is 3.96. The number of hydrogen-bond acceptors (Lipinski definition) is 3. The zero-order valence-corrected chi connectivity index (χ0v) is 10.6. The average Bonchev–Trinajstić information content (AvgIpc) is 2.20. The minimum atomic E-state index is -1.30. The Balaban J connectivity index is 0.00000225. The maximum atomic E-state index is 13.1. The smallest absolute Gasteiger partial charge is 0.201 e. The lowest BCUT2D eigenvalue weighted by atomic mass is 10.0. The predicted molar refractivity (Wildman–Crippen MR) is 63.6 cm³/mol. The molecule has 0 spiro atoms. The molecule has 3 nitrogen and oxygen atoms in total. The molecule has 1 atom stereocenters. The molecule has 0 aliphatic carbocycles. The molecule has 0 aliphatic rings. The van der Waals surface area contributed by atoms with E-state index in [9.17, 15) is 13.9 Å². The van der Waals surface area contributed by atoms with Crippen molar-refractivity contribution < 1.29 is 13.9 Å². The van der Waals surface area contributed by atoms with Crippen LogP contribution in [0.3, 0.4) is 0 Å². The van der Waals surface area contributed by atoms with Gasteiger partial charge in [-0.1, -0.05) is 0 Å². The molecule has 7 heteroatoms. The minimum absolute atomic E-state index is 0. The van der Waals surface area contributed by atoms with Crippen LogP contribution in [-0.2, 0) is 0 Å². The van der Waals surface area contributed by atoms with Crippen LogP contribution in [0.4, 0.5) is 8.78 Å². The van der Waals surface area contributed by atoms with Gasteiger partial charge >= 0.3 is 0 Å². The van der Waals surface area contributed by atoms with Gasteiger partial charge in [0.15, 0.2) is 11.6 Å². The lowest BCUT2D eigenvalue weighted by Crippen LogP contribution is -2.16. The molecule has 0 bridgehead atoms. The molecule has 1 aromatic carbocycles. The van der Waals surface area contributed by atoms with E-state index in [4.69, 9.17) is 11.5 Å². The van der Waals surface area contributed by atoms with Crippen LogP contribution in [0.25, 0.3) is 0 Å². The van der Waals surface area contributed by atoms with Gasteiger partial charge < -0.3 is 16.6 Å². The van der Waals surface area contributed by atoms with Gasteiger partial charge in [-0.05, 0) is 35.0 Å². The number of aromatic hydroxyl groups is 1. The van der Waals surface area contributed by atoms with Crippen molar-refractivity contribution in [3.63, 3.8) is 0 Å². The Bertz CT molecular complexity index is 379. The van der Waals surface area contributed by atoms with Gasteiger partial charge in [0.05, 0.1) is 4.47 Å². The molecule has 0 amide bonds. The van der Waals surface area contributed by atoms with E-state index in [0.29, 0.717) is 13.0 Å². The quantitative estimate of drug-likeness (QED) is 0.748. The van der Waals surface area contributed by atoms with E-state index >= 15 is 0 Å². The Morgan fingerprint density at radius 3 is 2.44 bits per heavy atom. The van der Waals surface area contributed by atoms with Crippen LogP contribution < -0.4 is 11.5 Å². The summed E-state index contributed by atoms with van der Waals surface area (Å²) in [6.45, 7) is 0.303. The minimum Gasteiger partial charge on any atom is -0.505 e. The van der Waals surface area contributed by atoms with Gasteiger partial charge in [-0.25, -0.2) is 4.39 Å². The maximum Gasteiger partial charge on any atom is 0.201 e. The number of phenolic OH excluding ortho intramolecular Hbond substituents is 1. The lowest BCUT2D eigenvalue weighted by molar-refractivity contribution is 0.394. The summed E-state index contributed by atoms with van der Waals surface area (Å²) in [7, 11) is 0. The fourth-order valence-corrected chi connectivity index (χ4v) is 1.64. The third-order valence-electron chi connectivity index (χ3n) is 2.04. The largest absolute Gasteiger partial charge is 0.505 e. The van der Waals surface area contributed by atoms with Crippen LogP contribution in [-0.4, -0.2) is 11.7 Å². The molecule has 0 heterocycles. The van der Waals surface area contributed by atoms with Gasteiger partial charge in [0.2, 0.25) is 5.82 Å². The van der Waals surface area contributed by atoms with Crippen molar-refractivity contribution in [1.29, 1.82) is 0 Å². The Labute approximate surface area is 106 Å². The fraction of sp³-hybridized carbons (Fsp3) is 0.333. The van der Waals surface area contributed by atoms with E-state index in [0.717, 1.165) is 0 Å². The molecule has 0 unspecified atom stereocenters. The summed E-state index contributed by atoms with van der Waals surface area (Å²) in [5.74, 6) is -3.18. The van der Waals surface area contributed by atoms with E-state index < -0.39 is 23.4 Å². The van der Waals surface area contributed by atoms with E-state index in [-0.39, 0.29) is 22.4 Å². The standard InChI is InChI=1S/C9H11BrF2N2O.ClH/c10-5-3-4(6(14)1-2-13)9(15)8(12)7(5)11;/h3,6,15H,1-2,13-14H2;1H/t6-;/m0./s1. The average molecular weight is 318 g/mol.